The van der Waals surface area contributed by atoms with Gasteiger partial charge in [-0.05, 0) is 18.2 Å². The van der Waals surface area contributed by atoms with Crippen molar-refractivity contribution < 1.29 is 4.79 Å². The molecule has 0 unspecified atom stereocenters. The Morgan fingerprint density at radius 3 is 2.64 bits per heavy atom. The molecule has 0 spiro atoms. The van der Waals surface area contributed by atoms with E-state index in [4.69, 9.17) is 0 Å². The molecule has 1 aromatic heterocycles. The minimum absolute atomic E-state index is 0.00980. The van der Waals surface area contributed by atoms with Crippen LogP contribution in [0.3, 0.4) is 0 Å². The SMILES string of the molecule is CN(C)c1ccc(-c2ccnc(N3CCNC(=O)C3)n2)cc1. The lowest BCUT2D eigenvalue weighted by atomic mass is 10.1. The van der Waals surface area contributed by atoms with E-state index in [2.05, 4.69) is 32.3 Å². The van der Waals surface area contributed by atoms with Gasteiger partial charge in [0, 0.05) is 44.6 Å². The number of carbonyl (C=O) groups is 1. The maximum Gasteiger partial charge on any atom is 0.239 e. The maximum absolute atomic E-state index is 11.5. The molecule has 2 aromatic rings. The molecule has 1 saturated heterocycles. The Balaban J connectivity index is 1.85. The third-order valence-electron chi connectivity index (χ3n) is 3.64. The second kappa shape index (κ2) is 6.01. The summed E-state index contributed by atoms with van der Waals surface area (Å²) in [5.41, 5.74) is 3.04. The van der Waals surface area contributed by atoms with Gasteiger partial charge in [-0.25, -0.2) is 9.97 Å². The van der Waals surface area contributed by atoms with Crippen molar-refractivity contribution in [3.05, 3.63) is 36.5 Å². The Bertz CT molecular complexity index is 668. The first-order valence-electron chi connectivity index (χ1n) is 7.26. The molecule has 114 valence electrons. The molecule has 6 heteroatoms. The molecule has 0 radical (unpaired) electrons. The van der Waals surface area contributed by atoms with Crippen LogP contribution < -0.4 is 15.1 Å². The van der Waals surface area contributed by atoms with Crippen LogP contribution in [0, 0.1) is 0 Å². The summed E-state index contributed by atoms with van der Waals surface area (Å²) in [4.78, 5) is 24.3. The van der Waals surface area contributed by atoms with Crippen LogP contribution in [0.1, 0.15) is 0 Å². The van der Waals surface area contributed by atoms with Crippen LogP contribution in [0.5, 0.6) is 0 Å². The number of nitrogens with zero attached hydrogens (tertiary/aromatic N) is 4. The van der Waals surface area contributed by atoms with Gasteiger partial charge in [0.2, 0.25) is 11.9 Å². The Kier molecular flexibility index (Phi) is 3.91. The predicted molar refractivity (Wildman–Crippen MR) is 87.0 cm³/mol. The number of nitrogens with one attached hydrogen (secondary N) is 1. The van der Waals surface area contributed by atoms with Gasteiger partial charge in [-0.3, -0.25) is 4.79 Å². The Morgan fingerprint density at radius 1 is 1.18 bits per heavy atom. The van der Waals surface area contributed by atoms with Crippen molar-refractivity contribution in [1.82, 2.24) is 15.3 Å². The lowest BCUT2D eigenvalue weighted by Gasteiger charge is -2.26. The van der Waals surface area contributed by atoms with E-state index >= 15 is 0 Å². The summed E-state index contributed by atoms with van der Waals surface area (Å²) >= 11 is 0. The average Bonchev–Trinajstić information content (AvgIpc) is 2.55. The van der Waals surface area contributed by atoms with Gasteiger partial charge < -0.3 is 15.1 Å². The van der Waals surface area contributed by atoms with Crippen LogP contribution in [0.25, 0.3) is 11.3 Å². The lowest BCUT2D eigenvalue weighted by Crippen LogP contribution is -2.48. The average molecular weight is 297 g/mol. The quantitative estimate of drug-likeness (QED) is 0.921. The van der Waals surface area contributed by atoms with Gasteiger partial charge >= 0.3 is 0 Å². The van der Waals surface area contributed by atoms with E-state index in [1.54, 1.807) is 6.20 Å². The highest BCUT2D eigenvalue weighted by atomic mass is 16.2. The first kappa shape index (κ1) is 14.3. The van der Waals surface area contributed by atoms with Crippen LogP contribution in [0.15, 0.2) is 36.5 Å². The van der Waals surface area contributed by atoms with E-state index in [0.717, 1.165) is 23.5 Å². The zero-order valence-electron chi connectivity index (χ0n) is 12.8. The Labute approximate surface area is 129 Å². The molecule has 2 heterocycles. The fraction of sp³-hybridized carbons (Fsp3) is 0.312. The summed E-state index contributed by atoms with van der Waals surface area (Å²) in [6.07, 6.45) is 1.74. The zero-order chi connectivity index (χ0) is 15.5. The molecule has 3 rings (SSSR count). The van der Waals surface area contributed by atoms with E-state index in [-0.39, 0.29) is 5.91 Å². The van der Waals surface area contributed by atoms with Crippen molar-refractivity contribution in [2.24, 2.45) is 0 Å². The molecule has 1 fully saturated rings. The van der Waals surface area contributed by atoms with Crippen molar-refractivity contribution in [3.63, 3.8) is 0 Å². The lowest BCUT2D eigenvalue weighted by molar-refractivity contribution is -0.120. The van der Waals surface area contributed by atoms with Crippen LogP contribution in [-0.2, 0) is 4.79 Å². The summed E-state index contributed by atoms with van der Waals surface area (Å²) in [6.45, 7) is 1.67. The normalized spacial score (nSPS) is 14.6. The number of anilines is 2. The minimum Gasteiger partial charge on any atom is -0.378 e. The fourth-order valence-corrected chi connectivity index (χ4v) is 2.40. The van der Waals surface area contributed by atoms with Crippen molar-refractivity contribution in [3.8, 4) is 11.3 Å². The number of rotatable bonds is 3. The number of aromatic nitrogens is 2. The molecule has 0 bridgehead atoms. The smallest absolute Gasteiger partial charge is 0.239 e. The molecule has 1 N–H and O–H groups in total. The van der Waals surface area contributed by atoms with E-state index in [1.165, 1.54) is 0 Å². The molecule has 22 heavy (non-hydrogen) atoms. The van der Waals surface area contributed by atoms with Crippen LogP contribution in [0.2, 0.25) is 0 Å². The predicted octanol–water partition coefficient (Wildman–Crippen LogP) is 1.15. The van der Waals surface area contributed by atoms with Crippen molar-refractivity contribution in [2.45, 2.75) is 0 Å². The summed E-state index contributed by atoms with van der Waals surface area (Å²) in [6, 6.07) is 10.1. The molecule has 1 aliphatic heterocycles. The molecule has 0 atom stereocenters. The van der Waals surface area contributed by atoms with Crippen molar-refractivity contribution in [2.75, 3.05) is 43.5 Å². The molecule has 0 saturated carbocycles. The Morgan fingerprint density at radius 2 is 1.95 bits per heavy atom. The second-order valence-corrected chi connectivity index (χ2v) is 5.45. The zero-order valence-corrected chi connectivity index (χ0v) is 12.8. The largest absolute Gasteiger partial charge is 0.378 e. The molecule has 6 nitrogen and oxygen atoms in total. The third-order valence-corrected chi connectivity index (χ3v) is 3.64. The van der Waals surface area contributed by atoms with E-state index < -0.39 is 0 Å². The maximum atomic E-state index is 11.5. The monoisotopic (exact) mass is 297 g/mol. The van der Waals surface area contributed by atoms with E-state index in [1.807, 2.05) is 37.2 Å². The van der Waals surface area contributed by atoms with Crippen molar-refractivity contribution in [1.29, 1.82) is 0 Å². The number of carbonyl (C=O) groups excluding carboxylic acids is 1. The number of benzene rings is 1. The molecule has 1 amide bonds. The molecule has 0 aliphatic carbocycles. The van der Waals surface area contributed by atoms with Gasteiger partial charge in [0.1, 0.15) is 0 Å². The standard InChI is InChI=1S/C16H19N5O/c1-20(2)13-5-3-12(4-6-13)14-7-8-18-16(19-14)21-10-9-17-15(22)11-21/h3-8H,9-11H2,1-2H3,(H,17,22). The van der Waals surface area contributed by atoms with Gasteiger partial charge in [-0.15, -0.1) is 0 Å². The molecule has 1 aliphatic rings. The van der Waals surface area contributed by atoms with Crippen LogP contribution in [-0.4, -0.2) is 49.6 Å². The molecule has 1 aromatic carbocycles. The van der Waals surface area contributed by atoms with Gasteiger partial charge in [0.05, 0.1) is 12.2 Å². The fourth-order valence-electron chi connectivity index (χ4n) is 2.40. The van der Waals surface area contributed by atoms with Crippen LogP contribution >= 0.6 is 0 Å². The molecular formula is C16H19N5O. The number of hydrogen-bond acceptors (Lipinski definition) is 5. The highest BCUT2D eigenvalue weighted by Gasteiger charge is 2.18. The third kappa shape index (κ3) is 3.00. The highest BCUT2D eigenvalue weighted by Crippen LogP contribution is 2.22. The summed E-state index contributed by atoms with van der Waals surface area (Å²) < 4.78 is 0. The topological polar surface area (TPSA) is 61.4 Å². The number of piperazine rings is 1. The van der Waals surface area contributed by atoms with Gasteiger partial charge in [0.15, 0.2) is 0 Å². The number of hydrogen-bond donors (Lipinski definition) is 1. The summed E-state index contributed by atoms with van der Waals surface area (Å²) in [7, 11) is 4.03. The van der Waals surface area contributed by atoms with Gasteiger partial charge in [-0.1, -0.05) is 12.1 Å². The van der Waals surface area contributed by atoms with Gasteiger partial charge in [-0.2, -0.15) is 0 Å². The van der Waals surface area contributed by atoms with Crippen molar-refractivity contribution >= 4 is 17.5 Å². The Hall–Kier alpha value is -2.63. The van der Waals surface area contributed by atoms with Gasteiger partial charge in [0.25, 0.3) is 0 Å². The minimum atomic E-state index is 0.00980. The molecular weight excluding hydrogens is 278 g/mol. The summed E-state index contributed by atoms with van der Waals surface area (Å²) in [5, 5.41) is 2.80. The first-order valence-corrected chi connectivity index (χ1v) is 7.26. The summed E-state index contributed by atoms with van der Waals surface area (Å²) in [5.74, 6) is 0.611. The first-order chi connectivity index (χ1) is 10.6. The number of amides is 1. The van der Waals surface area contributed by atoms with E-state index in [0.29, 0.717) is 19.0 Å². The highest BCUT2D eigenvalue weighted by molar-refractivity contribution is 5.82. The second-order valence-electron chi connectivity index (χ2n) is 5.45. The van der Waals surface area contributed by atoms with Crippen LogP contribution in [0.4, 0.5) is 11.6 Å². The van der Waals surface area contributed by atoms with E-state index in [9.17, 15) is 4.79 Å².